The number of rotatable bonds is 5. The fraction of sp³-hybridized carbons (Fsp3) is 0.200. The SMILES string of the molecule is CC(N)CNc1ccc(Nc2ccccc2)cc1. The van der Waals surface area contributed by atoms with Gasteiger partial charge in [0.25, 0.3) is 0 Å². The fourth-order valence-electron chi connectivity index (χ4n) is 1.64. The lowest BCUT2D eigenvalue weighted by molar-refractivity contribution is 0.780. The Balaban J connectivity index is 1.95. The molecule has 2 rings (SSSR count). The van der Waals surface area contributed by atoms with Crippen molar-refractivity contribution in [2.45, 2.75) is 13.0 Å². The van der Waals surface area contributed by atoms with Gasteiger partial charge in [0.2, 0.25) is 0 Å². The van der Waals surface area contributed by atoms with Crippen molar-refractivity contribution in [3.63, 3.8) is 0 Å². The summed E-state index contributed by atoms with van der Waals surface area (Å²) in [5.74, 6) is 0. The van der Waals surface area contributed by atoms with Gasteiger partial charge in [0.1, 0.15) is 0 Å². The van der Waals surface area contributed by atoms with E-state index in [4.69, 9.17) is 5.73 Å². The highest BCUT2D eigenvalue weighted by atomic mass is 14.9. The van der Waals surface area contributed by atoms with Crippen LogP contribution in [0.15, 0.2) is 54.6 Å². The van der Waals surface area contributed by atoms with Crippen LogP contribution in [0.4, 0.5) is 17.1 Å². The fourth-order valence-corrected chi connectivity index (χ4v) is 1.64. The van der Waals surface area contributed by atoms with Crippen LogP contribution in [0.2, 0.25) is 0 Å². The van der Waals surface area contributed by atoms with Gasteiger partial charge in [-0.2, -0.15) is 0 Å². The first-order valence-electron chi connectivity index (χ1n) is 6.15. The van der Waals surface area contributed by atoms with E-state index in [9.17, 15) is 0 Å². The predicted octanol–water partition coefficient (Wildman–Crippen LogP) is 3.19. The Labute approximate surface area is 108 Å². The van der Waals surface area contributed by atoms with Gasteiger partial charge in [-0.15, -0.1) is 0 Å². The molecular formula is C15H19N3. The van der Waals surface area contributed by atoms with Crippen molar-refractivity contribution >= 4 is 17.1 Å². The maximum Gasteiger partial charge on any atom is 0.0385 e. The number of benzene rings is 2. The third-order valence-electron chi connectivity index (χ3n) is 2.58. The molecule has 0 saturated carbocycles. The molecule has 0 aliphatic carbocycles. The van der Waals surface area contributed by atoms with Gasteiger partial charge in [0.05, 0.1) is 0 Å². The van der Waals surface area contributed by atoms with Crippen LogP contribution < -0.4 is 16.4 Å². The minimum absolute atomic E-state index is 0.159. The Kier molecular flexibility index (Phi) is 4.20. The molecule has 1 unspecified atom stereocenters. The van der Waals surface area contributed by atoms with E-state index in [-0.39, 0.29) is 6.04 Å². The Hall–Kier alpha value is -2.00. The van der Waals surface area contributed by atoms with E-state index in [0.717, 1.165) is 23.6 Å². The quantitative estimate of drug-likeness (QED) is 0.753. The van der Waals surface area contributed by atoms with Crippen LogP contribution in [-0.2, 0) is 0 Å². The first kappa shape index (κ1) is 12.5. The maximum absolute atomic E-state index is 5.70. The molecular weight excluding hydrogens is 222 g/mol. The Morgan fingerprint density at radius 1 is 0.889 bits per heavy atom. The number of anilines is 3. The Bertz CT molecular complexity index is 463. The summed E-state index contributed by atoms with van der Waals surface area (Å²) in [6.07, 6.45) is 0. The molecule has 2 aromatic carbocycles. The zero-order valence-corrected chi connectivity index (χ0v) is 10.6. The molecule has 18 heavy (non-hydrogen) atoms. The topological polar surface area (TPSA) is 50.1 Å². The highest BCUT2D eigenvalue weighted by Crippen LogP contribution is 2.18. The van der Waals surface area contributed by atoms with Crippen LogP contribution >= 0.6 is 0 Å². The highest BCUT2D eigenvalue weighted by Gasteiger charge is 1.96. The van der Waals surface area contributed by atoms with Crippen LogP contribution in [-0.4, -0.2) is 12.6 Å². The lowest BCUT2D eigenvalue weighted by Crippen LogP contribution is -2.25. The first-order valence-corrected chi connectivity index (χ1v) is 6.15. The van der Waals surface area contributed by atoms with Crippen LogP contribution in [0, 0.1) is 0 Å². The lowest BCUT2D eigenvalue weighted by Gasteiger charge is -2.10. The van der Waals surface area contributed by atoms with Crippen molar-refractivity contribution in [3.8, 4) is 0 Å². The normalized spacial score (nSPS) is 11.9. The Morgan fingerprint density at radius 2 is 1.44 bits per heavy atom. The molecule has 3 nitrogen and oxygen atoms in total. The molecule has 0 saturated heterocycles. The van der Waals surface area contributed by atoms with Crippen LogP contribution in [0.25, 0.3) is 0 Å². The van der Waals surface area contributed by atoms with Gasteiger partial charge in [0, 0.05) is 29.6 Å². The van der Waals surface area contributed by atoms with E-state index in [0.29, 0.717) is 0 Å². The highest BCUT2D eigenvalue weighted by molar-refractivity contribution is 5.62. The molecule has 4 N–H and O–H groups in total. The number of hydrogen-bond acceptors (Lipinski definition) is 3. The largest absolute Gasteiger partial charge is 0.383 e. The van der Waals surface area contributed by atoms with Gasteiger partial charge in [0.15, 0.2) is 0 Å². The molecule has 0 spiro atoms. The molecule has 0 aromatic heterocycles. The second-order valence-corrected chi connectivity index (χ2v) is 4.43. The minimum atomic E-state index is 0.159. The van der Waals surface area contributed by atoms with E-state index in [1.807, 2.05) is 49.4 Å². The molecule has 94 valence electrons. The van der Waals surface area contributed by atoms with Crippen molar-refractivity contribution in [2.75, 3.05) is 17.2 Å². The molecule has 0 aliphatic rings. The summed E-state index contributed by atoms with van der Waals surface area (Å²) in [5.41, 5.74) is 8.95. The van der Waals surface area contributed by atoms with E-state index >= 15 is 0 Å². The van der Waals surface area contributed by atoms with Crippen LogP contribution in [0.1, 0.15) is 6.92 Å². The van der Waals surface area contributed by atoms with Crippen LogP contribution in [0.5, 0.6) is 0 Å². The van der Waals surface area contributed by atoms with Crippen molar-refractivity contribution in [3.05, 3.63) is 54.6 Å². The van der Waals surface area contributed by atoms with Gasteiger partial charge in [-0.1, -0.05) is 18.2 Å². The van der Waals surface area contributed by atoms with E-state index < -0.39 is 0 Å². The van der Waals surface area contributed by atoms with Gasteiger partial charge < -0.3 is 16.4 Å². The van der Waals surface area contributed by atoms with Crippen LogP contribution in [0.3, 0.4) is 0 Å². The smallest absolute Gasteiger partial charge is 0.0385 e. The summed E-state index contributed by atoms with van der Waals surface area (Å²) < 4.78 is 0. The number of nitrogens with one attached hydrogen (secondary N) is 2. The number of para-hydroxylation sites is 1. The molecule has 2 aromatic rings. The first-order chi connectivity index (χ1) is 8.74. The minimum Gasteiger partial charge on any atom is -0.383 e. The van der Waals surface area contributed by atoms with E-state index in [1.54, 1.807) is 0 Å². The average Bonchev–Trinajstić information content (AvgIpc) is 2.39. The molecule has 0 bridgehead atoms. The third-order valence-corrected chi connectivity index (χ3v) is 2.58. The molecule has 1 atom stereocenters. The molecule has 0 aliphatic heterocycles. The van der Waals surface area contributed by atoms with Gasteiger partial charge in [-0.25, -0.2) is 0 Å². The van der Waals surface area contributed by atoms with E-state index in [2.05, 4.69) is 22.8 Å². The molecule has 0 radical (unpaired) electrons. The average molecular weight is 241 g/mol. The summed E-state index contributed by atoms with van der Waals surface area (Å²) in [7, 11) is 0. The Morgan fingerprint density at radius 3 is 2.06 bits per heavy atom. The van der Waals surface area contributed by atoms with Crippen molar-refractivity contribution in [1.29, 1.82) is 0 Å². The van der Waals surface area contributed by atoms with Gasteiger partial charge >= 0.3 is 0 Å². The summed E-state index contributed by atoms with van der Waals surface area (Å²) in [6.45, 7) is 2.77. The summed E-state index contributed by atoms with van der Waals surface area (Å²) in [4.78, 5) is 0. The second-order valence-electron chi connectivity index (χ2n) is 4.43. The molecule has 0 fully saturated rings. The summed E-state index contributed by atoms with van der Waals surface area (Å²) in [5, 5.41) is 6.63. The molecule has 0 heterocycles. The monoisotopic (exact) mass is 241 g/mol. The predicted molar refractivity (Wildman–Crippen MR) is 78.3 cm³/mol. The number of hydrogen-bond donors (Lipinski definition) is 3. The molecule has 3 heteroatoms. The van der Waals surface area contributed by atoms with Crippen molar-refractivity contribution < 1.29 is 0 Å². The third kappa shape index (κ3) is 3.79. The zero-order valence-electron chi connectivity index (χ0n) is 10.6. The molecule has 0 amide bonds. The standard InChI is InChI=1S/C15H19N3/c1-12(16)11-17-13-7-9-15(10-8-13)18-14-5-3-2-4-6-14/h2-10,12,17-18H,11,16H2,1H3. The maximum atomic E-state index is 5.70. The zero-order chi connectivity index (χ0) is 12.8. The summed E-state index contributed by atoms with van der Waals surface area (Å²) >= 11 is 0. The van der Waals surface area contributed by atoms with Crippen molar-refractivity contribution in [2.24, 2.45) is 5.73 Å². The van der Waals surface area contributed by atoms with Gasteiger partial charge in [-0.3, -0.25) is 0 Å². The van der Waals surface area contributed by atoms with Gasteiger partial charge in [-0.05, 0) is 43.3 Å². The summed E-state index contributed by atoms with van der Waals surface area (Å²) in [6, 6.07) is 18.5. The lowest BCUT2D eigenvalue weighted by atomic mass is 10.2. The second kappa shape index (κ2) is 6.07. The van der Waals surface area contributed by atoms with Crippen molar-refractivity contribution in [1.82, 2.24) is 0 Å². The number of nitrogens with two attached hydrogens (primary N) is 1. The van der Waals surface area contributed by atoms with E-state index in [1.165, 1.54) is 0 Å².